The number of allylic oxidation sites excluding steroid dienone is 1. The van der Waals surface area contributed by atoms with Crippen LogP contribution < -0.4 is 15.4 Å². The first-order valence-corrected chi connectivity index (χ1v) is 16.5. The molecule has 50 heavy (non-hydrogen) atoms. The number of hydrogen-bond donors (Lipinski definition) is 4. The van der Waals surface area contributed by atoms with Crippen LogP contribution in [0.15, 0.2) is 84.9 Å². The number of nitrogens with one attached hydrogen (secondary N) is 2. The Bertz CT molecular complexity index is 1980. The number of rotatable bonds is 12. The summed E-state index contributed by atoms with van der Waals surface area (Å²) in [4.78, 5) is 50.6. The van der Waals surface area contributed by atoms with Crippen LogP contribution in [-0.2, 0) is 16.1 Å². The molecule has 0 spiro atoms. The van der Waals surface area contributed by atoms with Gasteiger partial charge in [-0.1, -0.05) is 42.5 Å². The van der Waals surface area contributed by atoms with Crippen LogP contribution in [0.25, 0.3) is 11.1 Å². The SMILES string of the molecule is O=C1CCC(N2C(=O)c3ccc(CNCCOc4ccc(C(=C(CCCl)c5ccc(O)cc5)c5ccc(O)cc5)cc4)c(F)c3C2=O)C(=O)N1. The molecule has 1 fully saturated rings. The number of phenols is 2. The lowest BCUT2D eigenvalue weighted by Crippen LogP contribution is -2.54. The standard InChI is InChI=1S/C38H33ClFN3O7/c39-18-17-29(22-1-8-26(44)9-2-22)33(23-3-10-27(45)11-4-23)24-5-12-28(13-6-24)50-20-19-41-21-25-7-14-30-34(35(25)40)38(49)43(37(30)48)31-15-16-32(46)42-36(31)47/h1-14,31,41,44-45H,15-21H2,(H,42,46,47). The van der Waals surface area contributed by atoms with Gasteiger partial charge in [0, 0.05) is 31.0 Å². The largest absolute Gasteiger partial charge is 0.508 e. The van der Waals surface area contributed by atoms with Crippen LogP contribution >= 0.6 is 11.6 Å². The second-order valence-corrected chi connectivity index (χ2v) is 12.2. The summed E-state index contributed by atoms with van der Waals surface area (Å²) in [6.07, 6.45) is 0.516. The Morgan fingerprint density at radius 3 is 2.10 bits per heavy atom. The number of halogens is 2. The van der Waals surface area contributed by atoms with Crippen molar-refractivity contribution < 1.29 is 38.5 Å². The van der Waals surface area contributed by atoms with Crippen LogP contribution in [0.4, 0.5) is 4.39 Å². The number of phenolic OH excluding ortho intramolecular Hbond substituents is 2. The lowest BCUT2D eigenvalue weighted by molar-refractivity contribution is -0.136. The topological polar surface area (TPSA) is 145 Å². The van der Waals surface area contributed by atoms with E-state index in [1.54, 1.807) is 24.3 Å². The number of nitrogens with zero attached hydrogens (tertiary/aromatic N) is 1. The zero-order valence-electron chi connectivity index (χ0n) is 26.7. The minimum absolute atomic E-state index is 0.0138. The molecule has 4 amide bonds. The first kappa shape index (κ1) is 34.3. The Balaban J connectivity index is 1.10. The number of carbonyl (C=O) groups excluding carboxylic acids is 4. The number of benzene rings is 4. The maximum absolute atomic E-state index is 15.5. The van der Waals surface area contributed by atoms with Crippen molar-refractivity contribution in [2.24, 2.45) is 0 Å². The molecular formula is C38H33ClFN3O7. The predicted molar refractivity (Wildman–Crippen MR) is 184 cm³/mol. The summed E-state index contributed by atoms with van der Waals surface area (Å²) in [7, 11) is 0. The predicted octanol–water partition coefficient (Wildman–Crippen LogP) is 5.39. The van der Waals surface area contributed by atoms with Gasteiger partial charge in [0.05, 0.1) is 11.1 Å². The lowest BCUT2D eigenvalue weighted by atomic mass is 9.88. The molecule has 1 saturated heterocycles. The van der Waals surface area contributed by atoms with Crippen molar-refractivity contribution in [2.45, 2.75) is 31.8 Å². The summed E-state index contributed by atoms with van der Waals surface area (Å²) in [6, 6.07) is 23.0. The second-order valence-electron chi connectivity index (χ2n) is 11.8. The van der Waals surface area contributed by atoms with E-state index in [1.165, 1.54) is 12.1 Å². The van der Waals surface area contributed by atoms with Crippen LogP contribution in [0.3, 0.4) is 0 Å². The van der Waals surface area contributed by atoms with Gasteiger partial charge < -0.3 is 20.3 Å². The summed E-state index contributed by atoms with van der Waals surface area (Å²) >= 11 is 6.24. The summed E-state index contributed by atoms with van der Waals surface area (Å²) < 4.78 is 21.4. The highest BCUT2D eigenvalue weighted by Gasteiger charge is 2.46. The highest BCUT2D eigenvalue weighted by molar-refractivity contribution is 6.23. The van der Waals surface area contributed by atoms with E-state index in [2.05, 4.69) is 10.6 Å². The minimum atomic E-state index is -1.17. The van der Waals surface area contributed by atoms with Gasteiger partial charge in [0.1, 0.15) is 35.7 Å². The smallest absolute Gasteiger partial charge is 0.265 e. The number of alkyl halides is 1. The number of piperidine rings is 1. The van der Waals surface area contributed by atoms with Crippen LogP contribution in [0.2, 0.25) is 0 Å². The average Bonchev–Trinajstić information content (AvgIpc) is 3.36. The molecule has 0 aromatic heterocycles. The van der Waals surface area contributed by atoms with Crippen LogP contribution in [0.1, 0.15) is 62.2 Å². The molecule has 1 atom stereocenters. The molecule has 4 aromatic rings. The Hall–Kier alpha value is -5.52. The van der Waals surface area contributed by atoms with E-state index < -0.39 is 35.5 Å². The molecule has 0 bridgehead atoms. The molecule has 0 radical (unpaired) electrons. The number of fused-ring (bicyclic) bond motifs is 1. The number of imide groups is 2. The molecule has 0 saturated carbocycles. The monoisotopic (exact) mass is 697 g/mol. The number of carbonyl (C=O) groups is 4. The number of hydrogen-bond acceptors (Lipinski definition) is 8. The average molecular weight is 698 g/mol. The Labute approximate surface area is 292 Å². The summed E-state index contributed by atoms with van der Waals surface area (Å²) in [5.74, 6) is -2.46. The maximum atomic E-state index is 15.5. The molecule has 6 rings (SSSR count). The fourth-order valence-corrected chi connectivity index (χ4v) is 6.38. The van der Waals surface area contributed by atoms with Gasteiger partial charge in [-0.05, 0) is 83.1 Å². The van der Waals surface area contributed by atoms with Crippen LogP contribution in [0, 0.1) is 5.82 Å². The quantitative estimate of drug-likeness (QED) is 0.0667. The van der Waals surface area contributed by atoms with E-state index in [0.29, 0.717) is 24.6 Å². The van der Waals surface area contributed by atoms with E-state index in [9.17, 15) is 29.4 Å². The highest BCUT2D eigenvalue weighted by atomic mass is 35.5. The lowest BCUT2D eigenvalue weighted by Gasteiger charge is -2.27. The Morgan fingerprint density at radius 2 is 1.48 bits per heavy atom. The zero-order chi connectivity index (χ0) is 35.4. The van der Waals surface area contributed by atoms with E-state index in [1.807, 2.05) is 48.5 Å². The number of ether oxygens (including phenoxy) is 1. The van der Waals surface area contributed by atoms with Gasteiger partial charge >= 0.3 is 0 Å². The first-order chi connectivity index (χ1) is 24.2. The van der Waals surface area contributed by atoms with E-state index in [-0.39, 0.29) is 54.2 Å². The highest BCUT2D eigenvalue weighted by Crippen LogP contribution is 2.37. The van der Waals surface area contributed by atoms with Crippen molar-refractivity contribution in [1.29, 1.82) is 0 Å². The third-order valence-electron chi connectivity index (χ3n) is 8.65. The third-order valence-corrected chi connectivity index (χ3v) is 8.84. The van der Waals surface area contributed by atoms with Crippen molar-refractivity contribution >= 4 is 46.4 Å². The van der Waals surface area contributed by atoms with E-state index in [0.717, 1.165) is 32.7 Å². The van der Waals surface area contributed by atoms with Crippen LogP contribution in [0.5, 0.6) is 17.2 Å². The van der Waals surface area contributed by atoms with Gasteiger partial charge in [0.2, 0.25) is 11.8 Å². The van der Waals surface area contributed by atoms with Gasteiger partial charge in [0.15, 0.2) is 0 Å². The second kappa shape index (κ2) is 14.9. The minimum Gasteiger partial charge on any atom is -0.508 e. The fraction of sp³-hybridized carbons (Fsp3) is 0.211. The van der Waals surface area contributed by atoms with Gasteiger partial charge in [-0.2, -0.15) is 0 Å². The van der Waals surface area contributed by atoms with E-state index in [4.69, 9.17) is 16.3 Å². The van der Waals surface area contributed by atoms with Gasteiger partial charge in [0.25, 0.3) is 11.8 Å². The van der Waals surface area contributed by atoms with Crippen molar-refractivity contribution in [3.05, 3.63) is 124 Å². The molecule has 0 aliphatic carbocycles. The van der Waals surface area contributed by atoms with Crippen molar-refractivity contribution in [3.63, 3.8) is 0 Å². The molecule has 256 valence electrons. The Kier molecular flexibility index (Phi) is 10.3. The Morgan fingerprint density at radius 1 is 0.860 bits per heavy atom. The van der Waals surface area contributed by atoms with E-state index >= 15 is 4.39 Å². The molecule has 2 aliphatic rings. The summed E-state index contributed by atoms with van der Waals surface area (Å²) in [6.45, 7) is 0.647. The fourth-order valence-electron chi connectivity index (χ4n) is 6.19. The number of amides is 4. The third kappa shape index (κ3) is 7.10. The van der Waals surface area contributed by atoms with Gasteiger partial charge in [-0.15, -0.1) is 11.6 Å². The molecule has 2 aliphatic heterocycles. The molecule has 10 nitrogen and oxygen atoms in total. The molecule has 4 N–H and O–H groups in total. The zero-order valence-corrected chi connectivity index (χ0v) is 27.5. The van der Waals surface area contributed by atoms with Crippen molar-refractivity contribution in [3.8, 4) is 17.2 Å². The van der Waals surface area contributed by atoms with Crippen molar-refractivity contribution in [2.75, 3.05) is 19.0 Å². The van der Waals surface area contributed by atoms with Crippen molar-refractivity contribution in [1.82, 2.24) is 15.5 Å². The maximum Gasteiger partial charge on any atom is 0.265 e. The first-order valence-electron chi connectivity index (χ1n) is 16.0. The summed E-state index contributed by atoms with van der Waals surface area (Å²) in [5.41, 5.74) is 4.24. The molecule has 2 heterocycles. The van der Waals surface area contributed by atoms with Gasteiger partial charge in [-0.25, -0.2) is 4.39 Å². The molecule has 4 aromatic carbocycles. The normalized spacial score (nSPS) is 16.3. The molecule has 12 heteroatoms. The molecule has 1 unspecified atom stereocenters. The van der Waals surface area contributed by atoms with Gasteiger partial charge in [-0.3, -0.25) is 29.4 Å². The summed E-state index contributed by atoms with van der Waals surface area (Å²) in [5, 5.41) is 25.0. The number of aromatic hydroxyl groups is 2. The van der Waals surface area contributed by atoms with Crippen LogP contribution in [-0.4, -0.2) is 63.8 Å². The molecular weight excluding hydrogens is 665 g/mol.